The van der Waals surface area contributed by atoms with Crippen LogP contribution in [-0.2, 0) is 9.53 Å². The number of hydrogen-bond donors (Lipinski definition) is 1. The standard InChI is InChI=1S/C23H27ClN2O2/c1-17-3-7-20(8-4-17)22(26-11-13-28-14-12-26)16-25-23(27)18(2)15-19-5-9-21(24)10-6-19/h3-10,15,22H,11-14,16H2,1-2H3,(H,25,27). The molecule has 1 fully saturated rings. The average molecular weight is 399 g/mol. The van der Waals surface area contributed by atoms with Crippen LogP contribution in [-0.4, -0.2) is 43.7 Å². The Morgan fingerprint density at radius 1 is 1.14 bits per heavy atom. The smallest absolute Gasteiger partial charge is 0.247 e. The molecule has 4 nitrogen and oxygen atoms in total. The molecule has 1 aliphatic heterocycles. The van der Waals surface area contributed by atoms with Gasteiger partial charge in [0.2, 0.25) is 5.91 Å². The van der Waals surface area contributed by atoms with Gasteiger partial charge >= 0.3 is 0 Å². The molecule has 1 saturated heterocycles. The molecule has 0 saturated carbocycles. The molecule has 1 heterocycles. The van der Waals surface area contributed by atoms with E-state index in [1.165, 1.54) is 11.1 Å². The van der Waals surface area contributed by atoms with Gasteiger partial charge in [0.1, 0.15) is 0 Å². The molecule has 0 radical (unpaired) electrons. The molecule has 148 valence electrons. The van der Waals surface area contributed by atoms with Crippen LogP contribution in [0.5, 0.6) is 0 Å². The van der Waals surface area contributed by atoms with E-state index in [1.807, 2.05) is 37.3 Å². The summed E-state index contributed by atoms with van der Waals surface area (Å²) < 4.78 is 5.50. The van der Waals surface area contributed by atoms with Crippen molar-refractivity contribution < 1.29 is 9.53 Å². The van der Waals surface area contributed by atoms with E-state index in [1.54, 1.807) is 0 Å². The van der Waals surface area contributed by atoms with Crippen molar-refractivity contribution in [2.45, 2.75) is 19.9 Å². The molecule has 0 aromatic heterocycles. The summed E-state index contributed by atoms with van der Waals surface area (Å²) in [5, 5.41) is 3.79. The van der Waals surface area contributed by atoms with Gasteiger partial charge in [-0.05, 0) is 43.2 Å². The van der Waals surface area contributed by atoms with Crippen molar-refractivity contribution in [3.63, 3.8) is 0 Å². The fourth-order valence-electron chi connectivity index (χ4n) is 3.34. The summed E-state index contributed by atoms with van der Waals surface area (Å²) >= 11 is 5.92. The van der Waals surface area contributed by atoms with Crippen molar-refractivity contribution in [3.05, 3.63) is 75.8 Å². The SMILES string of the molecule is CC(=Cc1ccc(Cl)cc1)C(=O)NCC(c1ccc(C)cc1)N1CCOCC1. The van der Waals surface area contributed by atoms with Gasteiger partial charge in [0.05, 0.1) is 19.3 Å². The Hall–Kier alpha value is -2.14. The summed E-state index contributed by atoms with van der Waals surface area (Å²) in [5.41, 5.74) is 4.08. The van der Waals surface area contributed by atoms with E-state index >= 15 is 0 Å². The molecule has 0 bridgehead atoms. The first-order valence-electron chi connectivity index (χ1n) is 9.63. The van der Waals surface area contributed by atoms with Gasteiger partial charge in [0, 0.05) is 30.2 Å². The van der Waals surface area contributed by atoms with Crippen LogP contribution >= 0.6 is 11.6 Å². The van der Waals surface area contributed by atoms with Gasteiger partial charge in [-0.2, -0.15) is 0 Å². The average Bonchev–Trinajstić information content (AvgIpc) is 2.71. The van der Waals surface area contributed by atoms with Crippen LogP contribution < -0.4 is 5.32 Å². The second-order valence-electron chi connectivity index (χ2n) is 7.16. The number of rotatable bonds is 6. The van der Waals surface area contributed by atoms with Gasteiger partial charge in [0.25, 0.3) is 0 Å². The maximum atomic E-state index is 12.6. The molecule has 1 N–H and O–H groups in total. The first kappa shape index (κ1) is 20.6. The normalized spacial score (nSPS) is 16.6. The van der Waals surface area contributed by atoms with Crippen molar-refractivity contribution in [3.8, 4) is 0 Å². The minimum Gasteiger partial charge on any atom is -0.379 e. The number of carbonyl (C=O) groups is 1. The van der Waals surface area contributed by atoms with Crippen molar-refractivity contribution >= 4 is 23.6 Å². The van der Waals surface area contributed by atoms with Gasteiger partial charge in [0.15, 0.2) is 0 Å². The number of ether oxygens (including phenoxy) is 1. The van der Waals surface area contributed by atoms with Crippen LogP contribution in [0.15, 0.2) is 54.1 Å². The van der Waals surface area contributed by atoms with Gasteiger partial charge in [-0.1, -0.05) is 53.6 Å². The van der Waals surface area contributed by atoms with Crippen LogP contribution in [0, 0.1) is 6.92 Å². The summed E-state index contributed by atoms with van der Waals surface area (Å²) in [6, 6.07) is 16.1. The number of nitrogens with one attached hydrogen (secondary N) is 1. The highest BCUT2D eigenvalue weighted by atomic mass is 35.5. The molecule has 28 heavy (non-hydrogen) atoms. The number of carbonyl (C=O) groups excluding carboxylic acids is 1. The number of halogens is 1. The zero-order valence-electron chi connectivity index (χ0n) is 16.5. The number of aryl methyl sites for hydroxylation is 1. The molecule has 5 heteroatoms. The Balaban J connectivity index is 1.68. The first-order chi connectivity index (χ1) is 13.5. The molecular formula is C23H27ClN2O2. The fourth-order valence-corrected chi connectivity index (χ4v) is 3.46. The predicted molar refractivity (Wildman–Crippen MR) is 114 cm³/mol. The molecule has 3 rings (SSSR count). The molecule has 0 aliphatic carbocycles. The largest absolute Gasteiger partial charge is 0.379 e. The van der Waals surface area contributed by atoms with Crippen molar-refractivity contribution in [2.75, 3.05) is 32.8 Å². The second-order valence-corrected chi connectivity index (χ2v) is 7.60. The molecule has 1 aliphatic rings. The minimum absolute atomic E-state index is 0.0553. The quantitative estimate of drug-likeness (QED) is 0.740. The fraction of sp³-hybridized carbons (Fsp3) is 0.348. The number of hydrogen-bond acceptors (Lipinski definition) is 3. The second kappa shape index (κ2) is 9.87. The van der Waals surface area contributed by atoms with Crippen LogP contribution in [0.1, 0.15) is 29.7 Å². The van der Waals surface area contributed by atoms with E-state index in [0.717, 1.165) is 31.9 Å². The summed E-state index contributed by atoms with van der Waals surface area (Å²) in [4.78, 5) is 15.0. The van der Waals surface area contributed by atoms with Crippen LogP contribution in [0.25, 0.3) is 6.08 Å². The lowest BCUT2D eigenvalue weighted by Gasteiger charge is -2.35. The third kappa shape index (κ3) is 5.68. The number of amides is 1. The number of benzene rings is 2. The third-order valence-corrected chi connectivity index (χ3v) is 5.27. The Morgan fingerprint density at radius 2 is 1.79 bits per heavy atom. The zero-order chi connectivity index (χ0) is 19.9. The maximum absolute atomic E-state index is 12.6. The molecule has 1 atom stereocenters. The monoisotopic (exact) mass is 398 g/mol. The summed E-state index contributed by atoms with van der Waals surface area (Å²) in [5.74, 6) is -0.0553. The highest BCUT2D eigenvalue weighted by Crippen LogP contribution is 2.22. The molecule has 1 amide bonds. The molecular weight excluding hydrogens is 372 g/mol. The number of morpholine rings is 1. The van der Waals surface area contributed by atoms with Crippen LogP contribution in [0.2, 0.25) is 5.02 Å². The Morgan fingerprint density at radius 3 is 2.43 bits per heavy atom. The van der Waals surface area contributed by atoms with Gasteiger partial charge in [-0.15, -0.1) is 0 Å². The molecule has 2 aromatic rings. The lowest BCUT2D eigenvalue weighted by molar-refractivity contribution is -0.117. The van der Waals surface area contributed by atoms with Gasteiger partial charge in [-0.3, -0.25) is 9.69 Å². The highest BCUT2D eigenvalue weighted by molar-refractivity contribution is 6.30. The zero-order valence-corrected chi connectivity index (χ0v) is 17.2. The summed E-state index contributed by atoms with van der Waals surface area (Å²) in [7, 11) is 0. The van der Waals surface area contributed by atoms with Crippen molar-refractivity contribution in [2.24, 2.45) is 0 Å². The Kier molecular flexibility index (Phi) is 7.26. The van der Waals surface area contributed by atoms with E-state index in [9.17, 15) is 4.79 Å². The van der Waals surface area contributed by atoms with Crippen molar-refractivity contribution in [1.29, 1.82) is 0 Å². The van der Waals surface area contributed by atoms with Crippen molar-refractivity contribution in [1.82, 2.24) is 10.2 Å². The van der Waals surface area contributed by atoms with E-state index in [4.69, 9.17) is 16.3 Å². The lowest BCUT2D eigenvalue weighted by atomic mass is 10.0. The number of nitrogens with zero attached hydrogens (tertiary/aromatic N) is 1. The van der Waals surface area contributed by atoms with E-state index in [-0.39, 0.29) is 11.9 Å². The third-order valence-electron chi connectivity index (χ3n) is 5.02. The summed E-state index contributed by atoms with van der Waals surface area (Å²) in [6.45, 7) is 7.67. The Labute approximate surface area is 172 Å². The summed E-state index contributed by atoms with van der Waals surface area (Å²) in [6.07, 6.45) is 1.88. The molecule has 1 unspecified atom stereocenters. The highest BCUT2D eigenvalue weighted by Gasteiger charge is 2.23. The van der Waals surface area contributed by atoms with E-state index < -0.39 is 0 Å². The van der Waals surface area contributed by atoms with Crippen LogP contribution in [0.4, 0.5) is 0 Å². The minimum atomic E-state index is -0.0553. The lowest BCUT2D eigenvalue weighted by Crippen LogP contribution is -2.43. The molecule has 0 spiro atoms. The topological polar surface area (TPSA) is 41.6 Å². The van der Waals surface area contributed by atoms with Gasteiger partial charge in [-0.25, -0.2) is 0 Å². The Bertz CT molecular complexity index is 810. The first-order valence-corrected chi connectivity index (χ1v) is 10.0. The maximum Gasteiger partial charge on any atom is 0.247 e. The van der Waals surface area contributed by atoms with E-state index in [2.05, 4.69) is 41.4 Å². The van der Waals surface area contributed by atoms with E-state index in [0.29, 0.717) is 17.1 Å². The van der Waals surface area contributed by atoms with Gasteiger partial charge < -0.3 is 10.1 Å². The molecule has 2 aromatic carbocycles. The predicted octanol–water partition coefficient (Wildman–Crippen LogP) is 4.24. The van der Waals surface area contributed by atoms with Crippen LogP contribution in [0.3, 0.4) is 0 Å².